The Morgan fingerprint density at radius 3 is 2.75 bits per heavy atom. The minimum Gasteiger partial charge on any atom is -0.347 e. The summed E-state index contributed by atoms with van der Waals surface area (Å²) in [6, 6.07) is 2.08. The minimum atomic E-state index is -0.0762. The van der Waals surface area contributed by atoms with E-state index >= 15 is 0 Å². The predicted molar refractivity (Wildman–Crippen MR) is 81.6 cm³/mol. The summed E-state index contributed by atoms with van der Waals surface area (Å²) in [5.74, 6) is -0.0762. The molecule has 2 rings (SSSR count). The Balaban J connectivity index is 2.11. The number of aryl methyl sites for hydroxylation is 1. The van der Waals surface area contributed by atoms with Gasteiger partial charge in [0.05, 0.1) is 6.20 Å². The molecule has 2 heterocycles. The minimum absolute atomic E-state index is 0.0762. The molecule has 6 heteroatoms. The maximum atomic E-state index is 12.3. The first-order chi connectivity index (χ1) is 9.40. The molecule has 0 spiro atoms. The number of hydrogen-bond donors (Lipinski definition) is 1. The van der Waals surface area contributed by atoms with Gasteiger partial charge in [0, 0.05) is 41.6 Å². The number of aromatic nitrogens is 3. The molecule has 1 amide bonds. The number of nitrogens with zero attached hydrogens (tertiary/aromatic N) is 3. The van der Waals surface area contributed by atoms with Crippen molar-refractivity contribution in [2.75, 3.05) is 0 Å². The zero-order valence-corrected chi connectivity index (χ0v) is 13.7. The summed E-state index contributed by atoms with van der Waals surface area (Å²) in [5.41, 5.74) is 2.75. The molecular formula is C14H19BrN4O. The molecule has 20 heavy (non-hydrogen) atoms. The number of carbonyl (C=O) groups excluding carboxylic acids is 1. The second-order valence-corrected chi connectivity index (χ2v) is 6.02. The van der Waals surface area contributed by atoms with Gasteiger partial charge in [0.2, 0.25) is 0 Å². The zero-order valence-electron chi connectivity index (χ0n) is 12.1. The normalized spacial score (nSPS) is 11.1. The number of halogens is 1. The Morgan fingerprint density at radius 1 is 1.50 bits per heavy atom. The van der Waals surface area contributed by atoms with Crippen LogP contribution in [0.5, 0.6) is 0 Å². The van der Waals surface area contributed by atoms with Gasteiger partial charge in [-0.2, -0.15) is 5.10 Å². The summed E-state index contributed by atoms with van der Waals surface area (Å²) < 4.78 is 4.67. The first-order valence-corrected chi connectivity index (χ1v) is 7.32. The van der Waals surface area contributed by atoms with Crippen LogP contribution in [-0.4, -0.2) is 20.3 Å². The highest BCUT2D eigenvalue weighted by atomic mass is 79.9. The fourth-order valence-corrected chi connectivity index (χ4v) is 2.48. The van der Waals surface area contributed by atoms with E-state index in [0.717, 1.165) is 15.7 Å². The lowest BCUT2D eigenvalue weighted by Gasteiger charge is -2.12. The van der Waals surface area contributed by atoms with Crippen LogP contribution in [0.4, 0.5) is 0 Å². The SMILES string of the molecule is Cc1c(CNC(=O)c2cc(Br)cn2C(C)C)cnn1C. The maximum Gasteiger partial charge on any atom is 0.268 e. The molecule has 2 aromatic heterocycles. The summed E-state index contributed by atoms with van der Waals surface area (Å²) in [6.45, 7) is 6.57. The quantitative estimate of drug-likeness (QED) is 0.931. The van der Waals surface area contributed by atoms with Gasteiger partial charge in [-0.15, -0.1) is 0 Å². The molecule has 0 aliphatic rings. The standard InChI is InChI=1S/C14H19BrN4O/c1-9(2)19-8-12(15)5-13(19)14(20)16-6-11-7-17-18(4)10(11)3/h5,7-9H,6H2,1-4H3,(H,16,20). The van der Waals surface area contributed by atoms with Crippen LogP contribution in [0.15, 0.2) is 22.9 Å². The van der Waals surface area contributed by atoms with E-state index in [1.54, 1.807) is 10.9 Å². The fourth-order valence-electron chi connectivity index (χ4n) is 2.04. The summed E-state index contributed by atoms with van der Waals surface area (Å²) in [6.07, 6.45) is 3.71. The van der Waals surface area contributed by atoms with E-state index in [9.17, 15) is 4.79 Å². The molecule has 0 fully saturated rings. The number of hydrogen-bond acceptors (Lipinski definition) is 2. The molecule has 0 bridgehead atoms. The van der Waals surface area contributed by atoms with Gasteiger partial charge in [-0.3, -0.25) is 9.48 Å². The lowest BCUT2D eigenvalue weighted by Crippen LogP contribution is -2.26. The van der Waals surface area contributed by atoms with Gasteiger partial charge in [0.25, 0.3) is 5.91 Å². The summed E-state index contributed by atoms with van der Waals surface area (Å²) in [7, 11) is 1.89. The second kappa shape index (κ2) is 5.83. The molecule has 0 aromatic carbocycles. The third kappa shape index (κ3) is 2.95. The summed E-state index contributed by atoms with van der Waals surface area (Å²) >= 11 is 3.42. The number of amides is 1. The first kappa shape index (κ1) is 14.8. The van der Waals surface area contributed by atoms with Crippen LogP contribution >= 0.6 is 15.9 Å². The van der Waals surface area contributed by atoms with E-state index in [2.05, 4.69) is 40.2 Å². The largest absolute Gasteiger partial charge is 0.347 e. The third-order valence-corrected chi connectivity index (χ3v) is 3.81. The Labute approximate surface area is 127 Å². The van der Waals surface area contributed by atoms with E-state index in [4.69, 9.17) is 0 Å². The van der Waals surface area contributed by atoms with Crippen molar-refractivity contribution in [3.8, 4) is 0 Å². The zero-order chi connectivity index (χ0) is 14.9. The maximum absolute atomic E-state index is 12.3. The molecule has 0 atom stereocenters. The van der Waals surface area contributed by atoms with E-state index in [1.807, 2.05) is 30.8 Å². The van der Waals surface area contributed by atoms with Crippen LogP contribution < -0.4 is 5.32 Å². The lowest BCUT2D eigenvalue weighted by atomic mass is 10.2. The molecule has 2 aromatic rings. The molecular weight excluding hydrogens is 320 g/mol. The van der Waals surface area contributed by atoms with Crippen molar-refractivity contribution in [3.63, 3.8) is 0 Å². The molecule has 1 N–H and O–H groups in total. The van der Waals surface area contributed by atoms with E-state index < -0.39 is 0 Å². The average Bonchev–Trinajstić information content (AvgIpc) is 2.92. The van der Waals surface area contributed by atoms with Crippen molar-refractivity contribution >= 4 is 21.8 Å². The molecule has 5 nitrogen and oxygen atoms in total. The van der Waals surface area contributed by atoms with Gasteiger partial charge in [-0.25, -0.2) is 0 Å². The van der Waals surface area contributed by atoms with Crippen molar-refractivity contribution in [1.82, 2.24) is 19.7 Å². The predicted octanol–water partition coefficient (Wildman–Crippen LogP) is 2.80. The highest BCUT2D eigenvalue weighted by molar-refractivity contribution is 9.10. The first-order valence-electron chi connectivity index (χ1n) is 6.53. The monoisotopic (exact) mass is 338 g/mol. The molecule has 108 valence electrons. The van der Waals surface area contributed by atoms with Crippen molar-refractivity contribution in [2.24, 2.45) is 7.05 Å². The van der Waals surface area contributed by atoms with E-state index in [-0.39, 0.29) is 11.9 Å². The van der Waals surface area contributed by atoms with Crippen molar-refractivity contribution in [1.29, 1.82) is 0 Å². The topological polar surface area (TPSA) is 51.9 Å². The molecule has 0 radical (unpaired) electrons. The molecule has 0 unspecified atom stereocenters. The second-order valence-electron chi connectivity index (χ2n) is 5.11. The van der Waals surface area contributed by atoms with Crippen LogP contribution in [0.2, 0.25) is 0 Å². The van der Waals surface area contributed by atoms with Gasteiger partial charge in [0.15, 0.2) is 0 Å². The van der Waals surface area contributed by atoms with Crippen LogP contribution in [-0.2, 0) is 13.6 Å². The number of nitrogens with one attached hydrogen (secondary N) is 1. The molecule has 0 saturated carbocycles. The molecule has 0 saturated heterocycles. The third-order valence-electron chi connectivity index (χ3n) is 3.38. The van der Waals surface area contributed by atoms with Crippen molar-refractivity contribution in [2.45, 2.75) is 33.4 Å². The highest BCUT2D eigenvalue weighted by Crippen LogP contribution is 2.19. The van der Waals surface area contributed by atoms with Gasteiger partial charge in [-0.1, -0.05) is 0 Å². The Bertz CT molecular complexity index is 627. The van der Waals surface area contributed by atoms with Crippen LogP contribution in [0.1, 0.15) is 41.6 Å². The smallest absolute Gasteiger partial charge is 0.268 e. The van der Waals surface area contributed by atoms with Gasteiger partial charge < -0.3 is 9.88 Å². The molecule has 0 aliphatic heterocycles. The van der Waals surface area contributed by atoms with Crippen molar-refractivity contribution < 1.29 is 4.79 Å². The fraction of sp³-hybridized carbons (Fsp3) is 0.429. The number of carbonyl (C=O) groups is 1. The highest BCUT2D eigenvalue weighted by Gasteiger charge is 2.15. The Morgan fingerprint density at radius 2 is 2.20 bits per heavy atom. The Hall–Kier alpha value is -1.56. The van der Waals surface area contributed by atoms with Gasteiger partial charge in [0.1, 0.15) is 5.69 Å². The number of rotatable bonds is 4. The lowest BCUT2D eigenvalue weighted by molar-refractivity contribution is 0.0940. The van der Waals surface area contributed by atoms with E-state index in [0.29, 0.717) is 12.2 Å². The van der Waals surface area contributed by atoms with Crippen molar-refractivity contribution in [3.05, 3.63) is 39.9 Å². The Kier molecular flexibility index (Phi) is 4.32. The van der Waals surface area contributed by atoms with Crippen LogP contribution in [0, 0.1) is 6.92 Å². The van der Waals surface area contributed by atoms with Crippen LogP contribution in [0.3, 0.4) is 0 Å². The van der Waals surface area contributed by atoms with Gasteiger partial charge in [-0.05, 0) is 42.8 Å². The molecule has 0 aliphatic carbocycles. The summed E-state index contributed by atoms with van der Waals surface area (Å²) in [5, 5.41) is 7.11. The van der Waals surface area contributed by atoms with Crippen LogP contribution in [0.25, 0.3) is 0 Å². The van der Waals surface area contributed by atoms with Gasteiger partial charge >= 0.3 is 0 Å². The van der Waals surface area contributed by atoms with E-state index in [1.165, 1.54) is 0 Å². The average molecular weight is 339 g/mol. The summed E-state index contributed by atoms with van der Waals surface area (Å²) in [4.78, 5) is 12.3.